The predicted molar refractivity (Wildman–Crippen MR) is 94.8 cm³/mol. The van der Waals surface area contributed by atoms with Crippen molar-refractivity contribution in [1.29, 1.82) is 0 Å². The summed E-state index contributed by atoms with van der Waals surface area (Å²) in [5.41, 5.74) is 6.12. The summed E-state index contributed by atoms with van der Waals surface area (Å²) in [7, 11) is 0. The highest BCUT2D eigenvalue weighted by molar-refractivity contribution is 5.82. The molecule has 0 saturated heterocycles. The fourth-order valence-electron chi connectivity index (χ4n) is 2.71. The van der Waals surface area contributed by atoms with Gasteiger partial charge in [-0.3, -0.25) is 0 Å². The van der Waals surface area contributed by atoms with Crippen molar-refractivity contribution in [2.24, 2.45) is 0 Å². The van der Waals surface area contributed by atoms with Gasteiger partial charge in [0.2, 0.25) is 0 Å². The summed E-state index contributed by atoms with van der Waals surface area (Å²) in [5, 5.41) is 0.600. The lowest BCUT2D eigenvalue weighted by atomic mass is 10.00. The molecule has 0 fully saturated rings. The normalized spacial score (nSPS) is 11.7. The smallest absolute Gasteiger partial charge is 0.340 e. The number of nitrogens with zero attached hydrogens (tertiary/aromatic N) is 1. The summed E-state index contributed by atoms with van der Waals surface area (Å²) in [4.78, 5) is 16.0. The van der Waals surface area contributed by atoms with Crippen LogP contribution in [0.3, 0.4) is 0 Å². The van der Waals surface area contributed by atoms with Gasteiger partial charge in [0.15, 0.2) is 18.2 Å². The maximum absolute atomic E-state index is 14.1. The third-order valence-electron chi connectivity index (χ3n) is 4.11. The third kappa shape index (κ3) is 4.05. The molecular weight excluding hydrogens is 361 g/mol. The van der Waals surface area contributed by atoms with E-state index in [1.165, 1.54) is 24.4 Å². The average Bonchev–Trinajstić information content (AvgIpc) is 2.59. The molecular formula is C19H17F3N2O3. The molecule has 2 heterocycles. The van der Waals surface area contributed by atoms with E-state index in [9.17, 15) is 18.0 Å². The molecule has 0 aliphatic heterocycles. The number of fused-ring (bicyclic) bond motifs is 1. The molecule has 142 valence electrons. The van der Waals surface area contributed by atoms with E-state index >= 15 is 0 Å². The summed E-state index contributed by atoms with van der Waals surface area (Å²) in [5.74, 6) is -3.75. The van der Waals surface area contributed by atoms with E-state index < -0.39 is 24.0 Å². The molecule has 0 aliphatic carbocycles. The van der Waals surface area contributed by atoms with Gasteiger partial charge in [-0.25, -0.2) is 22.9 Å². The number of pyridine rings is 1. The highest BCUT2D eigenvalue weighted by Gasteiger charge is 2.22. The first-order valence-corrected chi connectivity index (χ1v) is 8.11. The highest BCUT2D eigenvalue weighted by atomic mass is 19.3. The molecule has 5 nitrogen and oxygen atoms in total. The number of benzene rings is 1. The molecule has 2 aromatic heterocycles. The van der Waals surface area contributed by atoms with Gasteiger partial charge in [0.1, 0.15) is 11.3 Å². The van der Waals surface area contributed by atoms with Gasteiger partial charge in [0, 0.05) is 36.6 Å². The summed E-state index contributed by atoms with van der Waals surface area (Å²) >= 11 is 0. The Morgan fingerprint density at radius 1 is 1.30 bits per heavy atom. The number of nitrogens with two attached hydrogens (primary N) is 1. The van der Waals surface area contributed by atoms with Crippen molar-refractivity contribution in [2.45, 2.75) is 26.2 Å². The maximum atomic E-state index is 14.1. The van der Waals surface area contributed by atoms with Gasteiger partial charge in [0.25, 0.3) is 5.92 Å². The molecule has 0 unspecified atom stereocenters. The zero-order valence-corrected chi connectivity index (χ0v) is 14.7. The first-order valence-electron chi connectivity index (χ1n) is 8.11. The largest absolute Gasteiger partial charge is 0.487 e. The van der Waals surface area contributed by atoms with Crippen molar-refractivity contribution in [3.05, 3.63) is 63.4 Å². The van der Waals surface area contributed by atoms with Crippen LogP contribution in [0.2, 0.25) is 0 Å². The van der Waals surface area contributed by atoms with Gasteiger partial charge in [0.05, 0.1) is 0 Å². The van der Waals surface area contributed by atoms with E-state index in [1.54, 1.807) is 13.0 Å². The molecule has 1 aromatic carbocycles. The first kappa shape index (κ1) is 18.8. The Bertz CT molecular complexity index is 1060. The van der Waals surface area contributed by atoms with Gasteiger partial charge < -0.3 is 14.9 Å². The number of nitrogen functional groups attached to an aromatic ring is 1. The van der Waals surface area contributed by atoms with Crippen LogP contribution in [0.15, 0.2) is 39.7 Å². The minimum atomic E-state index is -2.98. The fraction of sp³-hybridized carbons (Fsp3) is 0.263. The SMILES string of the molecule is Cc1c(Cc2ccnc(N)c2F)c(=O)oc2cc(OCC(C)(F)F)ccc12. The third-order valence-corrected chi connectivity index (χ3v) is 4.11. The second-order valence-electron chi connectivity index (χ2n) is 6.36. The number of ether oxygens (including phenoxy) is 1. The molecule has 2 N–H and O–H groups in total. The Hall–Kier alpha value is -3.03. The molecule has 0 bridgehead atoms. The molecule has 0 amide bonds. The number of halogens is 3. The van der Waals surface area contributed by atoms with Crippen LogP contribution in [0.25, 0.3) is 11.0 Å². The van der Waals surface area contributed by atoms with Crippen LogP contribution in [0.5, 0.6) is 5.75 Å². The Balaban J connectivity index is 1.99. The van der Waals surface area contributed by atoms with Crippen molar-refractivity contribution in [3.8, 4) is 5.75 Å². The lowest BCUT2D eigenvalue weighted by Crippen LogP contribution is -2.20. The van der Waals surface area contributed by atoms with Crippen LogP contribution in [-0.2, 0) is 6.42 Å². The summed E-state index contributed by atoms with van der Waals surface area (Å²) in [6.45, 7) is 1.66. The number of rotatable bonds is 5. The lowest BCUT2D eigenvalue weighted by molar-refractivity contribution is -0.0229. The van der Waals surface area contributed by atoms with E-state index in [1.807, 2.05) is 0 Å². The summed E-state index contributed by atoms with van der Waals surface area (Å²) < 4.78 is 50.3. The fourth-order valence-corrected chi connectivity index (χ4v) is 2.71. The Morgan fingerprint density at radius 2 is 2.04 bits per heavy atom. The standard InChI is InChI=1S/C19H17F3N2O3/c1-10-13-4-3-12(26-9-19(2,21)22)8-15(13)27-18(25)14(10)7-11-5-6-24-17(23)16(11)20/h3-6,8H,7,9H2,1-2H3,(H2,23,24). The monoisotopic (exact) mass is 378 g/mol. The van der Waals surface area contributed by atoms with E-state index in [0.29, 0.717) is 10.9 Å². The quantitative estimate of drug-likeness (QED) is 0.683. The van der Waals surface area contributed by atoms with Crippen LogP contribution < -0.4 is 16.1 Å². The Morgan fingerprint density at radius 3 is 2.74 bits per heavy atom. The van der Waals surface area contributed by atoms with E-state index in [4.69, 9.17) is 14.9 Å². The molecule has 8 heteroatoms. The molecule has 0 atom stereocenters. The first-order chi connectivity index (χ1) is 12.7. The van der Waals surface area contributed by atoms with Crippen molar-refractivity contribution >= 4 is 16.8 Å². The van der Waals surface area contributed by atoms with Gasteiger partial charge >= 0.3 is 5.63 Å². The molecule has 0 aliphatic rings. The van der Waals surface area contributed by atoms with E-state index in [0.717, 1.165) is 6.92 Å². The van der Waals surface area contributed by atoms with Gasteiger partial charge in [-0.2, -0.15) is 0 Å². The van der Waals surface area contributed by atoms with Crippen molar-refractivity contribution < 1.29 is 22.3 Å². The Labute approximate surface area is 152 Å². The topological polar surface area (TPSA) is 78.4 Å². The zero-order valence-electron chi connectivity index (χ0n) is 14.7. The second kappa shape index (κ2) is 6.94. The number of anilines is 1. The molecule has 0 radical (unpaired) electrons. The molecule has 3 aromatic rings. The number of aromatic nitrogens is 1. The van der Waals surface area contributed by atoms with Crippen LogP contribution >= 0.6 is 0 Å². The van der Waals surface area contributed by atoms with Gasteiger partial charge in [-0.05, 0) is 36.2 Å². The molecule has 0 saturated carbocycles. The lowest BCUT2D eigenvalue weighted by Gasteiger charge is -2.13. The number of hydrogen-bond donors (Lipinski definition) is 1. The average molecular weight is 378 g/mol. The number of alkyl halides is 2. The van der Waals surface area contributed by atoms with E-state index in [2.05, 4.69) is 4.98 Å². The number of hydrogen-bond acceptors (Lipinski definition) is 5. The zero-order chi connectivity index (χ0) is 19.8. The van der Waals surface area contributed by atoms with Crippen molar-refractivity contribution in [3.63, 3.8) is 0 Å². The van der Waals surface area contributed by atoms with Gasteiger partial charge in [-0.15, -0.1) is 0 Å². The van der Waals surface area contributed by atoms with Crippen molar-refractivity contribution in [2.75, 3.05) is 12.3 Å². The molecule has 27 heavy (non-hydrogen) atoms. The van der Waals surface area contributed by atoms with Crippen LogP contribution in [-0.4, -0.2) is 17.5 Å². The Kier molecular flexibility index (Phi) is 4.82. The summed E-state index contributed by atoms with van der Waals surface area (Å²) in [6.07, 6.45) is 1.35. The van der Waals surface area contributed by atoms with Crippen LogP contribution in [0, 0.1) is 12.7 Å². The maximum Gasteiger partial charge on any atom is 0.340 e. The number of aryl methyl sites for hydroxylation is 1. The minimum absolute atomic E-state index is 0.0109. The predicted octanol–water partition coefficient (Wildman–Crippen LogP) is 3.84. The van der Waals surface area contributed by atoms with Crippen LogP contribution in [0.1, 0.15) is 23.6 Å². The minimum Gasteiger partial charge on any atom is -0.487 e. The molecule has 0 spiro atoms. The van der Waals surface area contributed by atoms with Gasteiger partial charge in [-0.1, -0.05) is 0 Å². The highest BCUT2D eigenvalue weighted by Crippen LogP contribution is 2.27. The van der Waals surface area contributed by atoms with Crippen LogP contribution in [0.4, 0.5) is 19.0 Å². The van der Waals surface area contributed by atoms with E-state index in [-0.39, 0.29) is 34.7 Å². The van der Waals surface area contributed by atoms with Crippen molar-refractivity contribution in [1.82, 2.24) is 4.98 Å². The molecule has 3 rings (SSSR count). The summed E-state index contributed by atoms with van der Waals surface area (Å²) in [6, 6.07) is 5.94. The second-order valence-corrected chi connectivity index (χ2v) is 6.36.